The van der Waals surface area contributed by atoms with Crippen molar-refractivity contribution < 1.29 is 27.5 Å². The molecule has 11 heteroatoms. The first-order valence-corrected chi connectivity index (χ1v) is 10.5. The monoisotopic (exact) mass is 442 g/mol. The van der Waals surface area contributed by atoms with Gasteiger partial charge < -0.3 is 16.0 Å². The van der Waals surface area contributed by atoms with Crippen molar-refractivity contribution in [3.05, 3.63) is 16.1 Å². The molecule has 2 fully saturated rings. The Morgan fingerprint density at radius 3 is 2.68 bits per heavy atom. The Kier molecular flexibility index (Phi) is 6.69. The summed E-state index contributed by atoms with van der Waals surface area (Å²) in [5.74, 6) is -2.36. The van der Waals surface area contributed by atoms with Gasteiger partial charge in [0.05, 0.1) is 18.5 Å². The average Bonchev–Trinajstić information content (AvgIpc) is 2.69. The van der Waals surface area contributed by atoms with Crippen molar-refractivity contribution in [1.82, 2.24) is 16.0 Å². The average molecular weight is 442 g/mol. The Labute approximate surface area is 178 Å². The molecule has 170 valence electrons. The third-order valence-electron chi connectivity index (χ3n) is 6.60. The number of nitriles is 1. The van der Waals surface area contributed by atoms with Crippen LogP contribution in [0.2, 0.25) is 0 Å². The lowest BCUT2D eigenvalue weighted by molar-refractivity contribution is -0.603. The lowest BCUT2D eigenvalue weighted by Crippen LogP contribution is -2.62. The molecule has 3 rings (SSSR count). The van der Waals surface area contributed by atoms with E-state index in [0.29, 0.717) is 19.3 Å². The molecule has 0 bridgehead atoms. The maximum Gasteiger partial charge on any atom is 0.404 e. The number of nitroso groups, excluding NO2 is 1. The second kappa shape index (κ2) is 8.94. The van der Waals surface area contributed by atoms with Gasteiger partial charge in [0, 0.05) is 33.6 Å². The molecule has 5 unspecified atom stereocenters. The van der Waals surface area contributed by atoms with Crippen molar-refractivity contribution in [3.63, 3.8) is 0 Å². The minimum atomic E-state index is -4.48. The zero-order valence-electron chi connectivity index (χ0n) is 17.5. The van der Waals surface area contributed by atoms with Crippen molar-refractivity contribution in [3.8, 4) is 6.07 Å². The van der Waals surface area contributed by atoms with Crippen LogP contribution in [-0.4, -0.2) is 60.0 Å². The van der Waals surface area contributed by atoms with Crippen LogP contribution in [-0.2, 0) is 9.59 Å². The van der Waals surface area contributed by atoms with Crippen molar-refractivity contribution in [2.45, 2.75) is 69.9 Å². The summed E-state index contributed by atoms with van der Waals surface area (Å²) in [6.45, 7) is 3.37. The smallest absolute Gasteiger partial charge is 0.349 e. The summed E-state index contributed by atoms with van der Waals surface area (Å²) in [4.78, 5) is 37.3. The van der Waals surface area contributed by atoms with E-state index in [1.165, 1.54) is 6.92 Å². The van der Waals surface area contributed by atoms with E-state index in [2.05, 4.69) is 22.0 Å². The highest BCUT2D eigenvalue weighted by atomic mass is 19.4. The molecule has 3 aliphatic heterocycles. The van der Waals surface area contributed by atoms with E-state index in [4.69, 9.17) is 5.26 Å². The molecule has 0 aromatic carbocycles. The Morgan fingerprint density at radius 2 is 2.06 bits per heavy atom. The number of rotatable bonds is 4. The number of halogens is 3. The molecule has 0 aromatic heterocycles. The van der Waals surface area contributed by atoms with E-state index >= 15 is 0 Å². The van der Waals surface area contributed by atoms with Gasteiger partial charge in [-0.05, 0) is 33.2 Å². The predicted molar refractivity (Wildman–Crippen MR) is 103 cm³/mol. The summed E-state index contributed by atoms with van der Waals surface area (Å²) in [5.41, 5.74) is 0.308. The van der Waals surface area contributed by atoms with Crippen LogP contribution in [0.5, 0.6) is 0 Å². The highest BCUT2D eigenvalue weighted by Gasteiger charge is 2.52. The maximum atomic E-state index is 13.5. The zero-order chi connectivity index (χ0) is 22.9. The minimum absolute atomic E-state index is 0.0380. The van der Waals surface area contributed by atoms with Crippen LogP contribution in [0.3, 0.4) is 0 Å². The Bertz CT molecular complexity index is 835. The largest absolute Gasteiger partial charge is 0.404 e. The van der Waals surface area contributed by atoms with Crippen LogP contribution in [0, 0.1) is 28.1 Å². The Balaban J connectivity index is 1.70. The normalized spacial score (nSPS) is 32.6. The Morgan fingerprint density at radius 1 is 1.35 bits per heavy atom. The molecule has 0 radical (unpaired) electrons. The molecule has 3 aliphatic rings. The summed E-state index contributed by atoms with van der Waals surface area (Å²) < 4.78 is 41.3. The van der Waals surface area contributed by atoms with Gasteiger partial charge in [0.15, 0.2) is 0 Å². The summed E-state index contributed by atoms with van der Waals surface area (Å²) in [5, 5.41) is 16.8. The second-order valence-corrected chi connectivity index (χ2v) is 8.63. The van der Waals surface area contributed by atoms with E-state index in [9.17, 15) is 27.7 Å². The van der Waals surface area contributed by atoms with Gasteiger partial charge >= 0.3 is 6.18 Å². The first kappa shape index (κ1) is 23.2. The van der Waals surface area contributed by atoms with Crippen LogP contribution in [0.4, 0.5) is 13.2 Å². The van der Waals surface area contributed by atoms with Crippen molar-refractivity contribution in [2.75, 3.05) is 13.1 Å². The van der Waals surface area contributed by atoms with E-state index in [0.717, 1.165) is 4.76 Å². The van der Waals surface area contributed by atoms with Crippen LogP contribution in [0.15, 0.2) is 11.1 Å². The zero-order valence-corrected chi connectivity index (χ0v) is 17.5. The fourth-order valence-electron chi connectivity index (χ4n) is 4.95. The predicted octanol–water partition coefficient (Wildman–Crippen LogP) is 1.32. The lowest BCUT2D eigenvalue weighted by atomic mass is 9.75. The molecule has 3 N–H and O–H groups in total. The summed E-state index contributed by atoms with van der Waals surface area (Å²) in [6.07, 6.45) is -3.45. The SMILES string of the molecule is CC1=C(CC(=O)N[C@@H](C)C2CCC(C#N)C[N+]2=O)C(=O)NC2CCNC(C(F)(F)F)C12. The van der Waals surface area contributed by atoms with E-state index < -0.39 is 48.1 Å². The van der Waals surface area contributed by atoms with Gasteiger partial charge in [-0.25, -0.2) is 0 Å². The molecule has 2 amide bonds. The van der Waals surface area contributed by atoms with Crippen LogP contribution in [0.1, 0.15) is 39.5 Å². The number of hydrogen-bond donors (Lipinski definition) is 3. The molecule has 8 nitrogen and oxygen atoms in total. The third-order valence-corrected chi connectivity index (χ3v) is 6.60. The van der Waals surface area contributed by atoms with Gasteiger partial charge in [-0.3, -0.25) is 9.59 Å². The maximum absolute atomic E-state index is 13.5. The highest BCUT2D eigenvalue weighted by molar-refractivity contribution is 6.00. The van der Waals surface area contributed by atoms with Crippen molar-refractivity contribution in [2.24, 2.45) is 11.8 Å². The number of hydrogen-bond acceptors (Lipinski definition) is 5. The molecule has 2 saturated heterocycles. The molecule has 0 saturated carbocycles. The number of carbonyl (C=O) groups excluding carboxylic acids is 2. The van der Waals surface area contributed by atoms with E-state index in [1.54, 1.807) is 6.92 Å². The fourth-order valence-corrected chi connectivity index (χ4v) is 4.95. The molecule has 6 atom stereocenters. The number of amides is 2. The molecular weight excluding hydrogens is 415 g/mol. The molecule has 3 heterocycles. The van der Waals surface area contributed by atoms with Crippen LogP contribution >= 0.6 is 0 Å². The van der Waals surface area contributed by atoms with Gasteiger partial charge in [0.1, 0.15) is 12.0 Å². The van der Waals surface area contributed by atoms with Crippen LogP contribution < -0.4 is 16.0 Å². The van der Waals surface area contributed by atoms with Gasteiger partial charge in [-0.1, -0.05) is 5.57 Å². The molecular formula is C20H27F3N5O3+. The first-order valence-electron chi connectivity index (χ1n) is 10.5. The molecule has 0 aromatic rings. The third kappa shape index (κ3) is 4.89. The van der Waals surface area contributed by atoms with Crippen molar-refractivity contribution >= 4 is 11.8 Å². The standard InChI is InChI=1S/C20H26F3N5O3/c1-10-13(19(30)27-14-5-6-25-18(17(10)14)20(21,22)23)7-16(29)26-11(2)15-4-3-12(8-24)9-28(15)31/h11-12,14-15,17-18,25H,3-7,9H2,1-2H3,(H-,26,27,29,30)/p+1/t11-,12?,14?,15?,17?,18?/m0/s1. The minimum Gasteiger partial charge on any atom is -0.349 e. The number of nitrogens with zero attached hydrogens (tertiary/aromatic N) is 2. The van der Waals surface area contributed by atoms with Gasteiger partial charge in [-0.15, -0.1) is 0 Å². The first-order chi connectivity index (χ1) is 14.5. The number of piperidine rings is 2. The molecule has 0 spiro atoms. The van der Waals surface area contributed by atoms with Gasteiger partial charge in [-0.2, -0.15) is 18.4 Å². The fraction of sp³-hybridized carbons (Fsp3) is 0.750. The summed E-state index contributed by atoms with van der Waals surface area (Å²) >= 11 is 0. The van der Waals surface area contributed by atoms with E-state index in [-0.39, 0.29) is 36.6 Å². The van der Waals surface area contributed by atoms with Crippen LogP contribution in [0.25, 0.3) is 0 Å². The summed E-state index contributed by atoms with van der Waals surface area (Å²) in [6, 6.07) is -1.36. The lowest BCUT2D eigenvalue weighted by Gasteiger charge is -2.44. The number of carbonyl (C=O) groups is 2. The number of alkyl halides is 3. The van der Waals surface area contributed by atoms with Gasteiger partial charge in [0.25, 0.3) is 0 Å². The van der Waals surface area contributed by atoms with Crippen molar-refractivity contribution in [1.29, 1.82) is 5.26 Å². The number of nitrogens with one attached hydrogen (secondary N) is 3. The quantitative estimate of drug-likeness (QED) is 0.568. The number of fused-ring (bicyclic) bond motifs is 1. The topological polar surface area (TPSA) is 114 Å². The second-order valence-electron chi connectivity index (χ2n) is 8.63. The molecule has 31 heavy (non-hydrogen) atoms. The summed E-state index contributed by atoms with van der Waals surface area (Å²) in [7, 11) is 0. The van der Waals surface area contributed by atoms with E-state index in [1.807, 2.05) is 0 Å². The Hall–Kier alpha value is -2.48. The highest BCUT2D eigenvalue weighted by Crippen LogP contribution is 2.38. The molecule has 0 aliphatic carbocycles. The van der Waals surface area contributed by atoms with Gasteiger partial charge in [0.2, 0.25) is 24.4 Å².